The third kappa shape index (κ3) is 4.05. The van der Waals surface area contributed by atoms with Gasteiger partial charge in [0.05, 0.1) is 5.75 Å². The molecule has 0 spiro atoms. The Labute approximate surface area is 139 Å². The second-order valence-electron chi connectivity index (χ2n) is 5.35. The highest BCUT2D eigenvalue weighted by Gasteiger charge is 2.16. The van der Waals surface area contributed by atoms with E-state index >= 15 is 0 Å². The lowest BCUT2D eigenvalue weighted by Crippen LogP contribution is -2.29. The standard InChI is InChI=1S/C16H19N5OS/c1-11-14(13-3-6-17-7-12(13)8-20-11)9-21-15(22)10-23-16-18-4-2-5-19-16/h2,4-5,8,17H,3,6-7,9-10H2,1H3,(H,21,22). The van der Waals surface area contributed by atoms with Crippen LogP contribution in [-0.2, 0) is 24.3 Å². The molecule has 120 valence electrons. The van der Waals surface area contributed by atoms with Crippen molar-refractivity contribution >= 4 is 17.7 Å². The average molecular weight is 329 g/mol. The van der Waals surface area contributed by atoms with Crippen molar-refractivity contribution in [3.8, 4) is 0 Å². The molecule has 0 saturated heterocycles. The Morgan fingerprint density at radius 3 is 3.00 bits per heavy atom. The van der Waals surface area contributed by atoms with E-state index in [1.807, 2.05) is 13.1 Å². The van der Waals surface area contributed by atoms with Crippen molar-refractivity contribution in [2.45, 2.75) is 31.6 Å². The van der Waals surface area contributed by atoms with Gasteiger partial charge >= 0.3 is 0 Å². The molecule has 0 aliphatic carbocycles. The molecule has 0 fully saturated rings. The number of aromatic nitrogens is 3. The SMILES string of the molecule is Cc1ncc2c(c1CNC(=O)CSc1ncccn1)CCNC2. The molecule has 6 nitrogen and oxygen atoms in total. The molecule has 0 bridgehead atoms. The number of thioether (sulfide) groups is 1. The minimum absolute atomic E-state index is 0.0200. The summed E-state index contributed by atoms with van der Waals surface area (Å²) < 4.78 is 0. The minimum Gasteiger partial charge on any atom is -0.351 e. The molecule has 0 atom stereocenters. The van der Waals surface area contributed by atoms with Gasteiger partial charge in [0, 0.05) is 37.4 Å². The fraction of sp³-hybridized carbons (Fsp3) is 0.375. The van der Waals surface area contributed by atoms with E-state index in [2.05, 4.69) is 25.6 Å². The number of aryl methyl sites for hydroxylation is 1. The predicted octanol–water partition coefficient (Wildman–Crippen LogP) is 1.23. The normalized spacial score (nSPS) is 13.4. The molecule has 0 saturated carbocycles. The van der Waals surface area contributed by atoms with E-state index in [0.29, 0.717) is 17.5 Å². The van der Waals surface area contributed by atoms with Gasteiger partial charge in [-0.05, 0) is 42.6 Å². The summed E-state index contributed by atoms with van der Waals surface area (Å²) in [7, 11) is 0. The van der Waals surface area contributed by atoms with E-state index < -0.39 is 0 Å². The summed E-state index contributed by atoms with van der Waals surface area (Å²) in [5.41, 5.74) is 4.71. The smallest absolute Gasteiger partial charge is 0.230 e. The van der Waals surface area contributed by atoms with Gasteiger partial charge in [0.2, 0.25) is 5.91 Å². The van der Waals surface area contributed by atoms with E-state index in [1.165, 1.54) is 22.9 Å². The molecule has 3 heterocycles. The second kappa shape index (κ2) is 7.52. The maximum Gasteiger partial charge on any atom is 0.230 e. The first-order valence-electron chi connectivity index (χ1n) is 7.57. The van der Waals surface area contributed by atoms with Gasteiger partial charge in [0.1, 0.15) is 0 Å². The summed E-state index contributed by atoms with van der Waals surface area (Å²) in [5.74, 6) is 0.293. The van der Waals surface area contributed by atoms with Crippen molar-refractivity contribution in [3.05, 3.63) is 47.0 Å². The summed E-state index contributed by atoms with van der Waals surface area (Å²) in [4.78, 5) is 24.7. The highest BCUT2D eigenvalue weighted by atomic mass is 32.2. The van der Waals surface area contributed by atoms with Crippen LogP contribution in [0.25, 0.3) is 0 Å². The van der Waals surface area contributed by atoms with Crippen molar-refractivity contribution in [1.82, 2.24) is 25.6 Å². The molecule has 2 aromatic heterocycles. The van der Waals surface area contributed by atoms with Crippen LogP contribution in [0.5, 0.6) is 0 Å². The summed E-state index contributed by atoms with van der Waals surface area (Å²) in [5, 5.41) is 6.95. The molecule has 7 heteroatoms. The van der Waals surface area contributed by atoms with Crippen LogP contribution >= 0.6 is 11.8 Å². The predicted molar refractivity (Wildman–Crippen MR) is 89.0 cm³/mol. The van der Waals surface area contributed by atoms with Gasteiger partial charge in [0.25, 0.3) is 0 Å². The molecular weight excluding hydrogens is 310 g/mol. The lowest BCUT2D eigenvalue weighted by Gasteiger charge is -2.21. The van der Waals surface area contributed by atoms with Crippen molar-refractivity contribution in [3.63, 3.8) is 0 Å². The number of amides is 1. The molecule has 0 unspecified atom stereocenters. The molecule has 23 heavy (non-hydrogen) atoms. The van der Waals surface area contributed by atoms with E-state index in [1.54, 1.807) is 18.5 Å². The number of nitrogens with zero attached hydrogens (tertiary/aromatic N) is 3. The van der Waals surface area contributed by atoms with E-state index in [4.69, 9.17) is 0 Å². The number of nitrogens with one attached hydrogen (secondary N) is 2. The third-order valence-corrected chi connectivity index (χ3v) is 4.68. The van der Waals surface area contributed by atoms with Gasteiger partial charge in [-0.25, -0.2) is 9.97 Å². The summed E-state index contributed by atoms with van der Waals surface area (Å²) in [6, 6.07) is 1.76. The first-order valence-corrected chi connectivity index (χ1v) is 8.56. The lowest BCUT2D eigenvalue weighted by molar-refractivity contribution is -0.118. The number of hydrogen-bond acceptors (Lipinski definition) is 6. The molecule has 1 amide bonds. The molecule has 0 radical (unpaired) electrons. The number of rotatable bonds is 5. The van der Waals surface area contributed by atoms with Crippen LogP contribution in [0.4, 0.5) is 0 Å². The van der Waals surface area contributed by atoms with Gasteiger partial charge in [-0.3, -0.25) is 9.78 Å². The molecule has 2 aromatic rings. The third-order valence-electron chi connectivity index (χ3n) is 3.81. The van der Waals surface area contributed by atoms with Gasteiger partial charge < -0.3 is 10.6 Å². The van der Waals surface area contributed by atoms with Crippen molar-refractivity contribution < 1.29 is 4.79 Å². The van der Waals surface area contributed by atoms with E-state index in [-0.39, 0.29) is 5.91 Å². The van der Waals surface area contributed by atoms with Crippen molar-refractivity contribution in [2.75, 3.05) is 12.3 Å². The zero-order chi connectivity index (χ0) is 16.1. The highest BCUT2D eigenvalue weighted by molar-refractivity contribution is 7.99. The molecule has 2 N–H and O–H groups in total. The first-order chi connectivity index (χ1) is 11.2. The number of carbonyl (C=O) groups excluding carboxylic acids is 1. The fourth-order valence-corrected chi connectivity index (χ4v) is 3.24. The average Bonchev–Trinajstić information content (AvgIpc) is 2.60. The Balaban J connectivity index is 1.59. The second-order valence-corrected chi connectivity index (χ2v) is 6.29. The van der Waals surface area contributed by atoms with Crippen LogP contribution in [0.2, 0.25) is 0 Å². The Kier molecular flexibility index (Phi) is 5.19. The molecule has 1 aliphatic rings. The minimum atomic E-state index is -0.0200. The lowest BCUT2D eigenvalue weighted by atomic mass is 9.96. The maximum absolute atomic E-state index is 12.0. The van der Waals surface area contributed by atoms with E-state index in [9.17, 15) is 4.79 Å². The molecular formula is C16H19N5OS. The van der Waals surface area contributed by atoms with Crippen LogP contribution in [0.3, 0.4) is 0 Å². The Morgan fingerprint density at radius 1 is 1.35 bits per heavy atom. The molecule has 1 aliphatic heterocycles. The topological polar surface area (TPSA) is 79.8 Å². The van der Waals surface area contributed by atoms with Crippen LogP contribution in [-0.4, -0.2) is 33.2 Å². The quantitative estimate of drug-likeness (QED) is 0.634. The molecule has 3 rings (SSSR count). The number of carbonyl (C=O) groups is 1. The Hall–Kier alpha value is -1.99. The van der Waals surface area contributed by atoms with Crippen molar-refractivity contribution in [2.24, 2.45) is 0 Å². The number of hydrogen-bond donors (Lipinski definition) is 2. The summed E-state index contributed by atoms with van der Waals surface area (Å²) in [6.07, 6.45) is 6.26. The number of pyridine rings is 1. The summed E-state index contributed by atoms with van der Waals surface area (Å²) >= 11 is 1.34. The first kappa shape index (κ1) is 15.9. The van der Waals surface area contributed by atoms with Gasteiger partial charge in [0.15, 0.2) is 5.16 Å². The van der Waals surface area contributed by atoms with Gasteiger partial charge in [-0.1, -0.05) is 11.8 Å². The number of fused-ring (bicyclic) bond motifs is 1. The van der Waals surface area contributed by atoms with Crippen LogP contribution < -0.4 is 10.6 Å². The van der Waals surface area contributed by atoms with Gasteiger partial charge in [-0.15, -0.1) is 0 Å². The Morgan fingerprint density at radius 2 is 2.17 bits per heavy atom. The zero-order valence-electron chi connectivity index (χ0n) is 13.0. The van der Waals surface area contributed by atoms with Gasteiger partial charge in [-0.2, -0.15) is 0 Å². The largest absolute Gasteiger partial charge is 0.351 e. The van der Waals surface area contributed by atoms with E-state index in [0.717, 1.165) is 30.8 Å². The monoisotopic (exact) mass is 329 g/mol. The Bertz CT molecular complexity index is 692. The summed E-state index contributed by atoms with van der Waals surface area (Å²) in [6.45, 7) is 4.34. The van der Waals surface area contributed by atoms with Crippen molar-refractivity contribution in [1.29, 1.82) is 0 Å². The van der Waals surface area contributed by atoms with Crippen LogP contribution in [0.15, 0.2) is 29.8 Å². The fourth-order valence-electron chi connectivity index (χ4n) is 2.61. The highest BCUT2D eigenvalue weighted by Crippen LogP contribution is 2.20. The van der Waals surface area contributed by atoms with Crippen LogP contribution in [0, 0.1) is 6.92 Å². The zero-order valence-corrected chi connectivity index (χ0v) is 13.8. The maximum atomic E-state index is 12.0. The molecule has 0 aromatic carbocycles. The van der Waals surface area contributed by atoms with Crippen LogP contribution in [0.1, 0.15) is 22.4 Å².